The number of aromatic nitrogens is 2. The fourth-order valence-electron chi connectivity index (χ4n) is 2.99. The van der Waals surface area contributed by atoms with E-state index in [4.69, 9.17) is 4.74 Å². The zero-order valence-corrected chi connectivity index (χ0v) is 14.2. The Morgan fingerprint density at radius 2 is 2.17 bits per heavy atom. The average Bonchev–Trinajstić information content (AvgIpc) is 2.89. The van der Waals surface area contributed by atoms with E-state index in [1.807, 2.05) is 48.9 Å². The SMILES string of the molecule is Cc1nn(-c2ccccc2)c(C)c1CNC(=O)CC1COCCN1. The molecule has 6 nitrogen and oxygen atoms in total. The highest BCUT2D eigenvalue weighted by Gasteiger charge is 2.18. The minimum Gasteiger partial charge on any atom is -0.378 e. The zero-order valence-electron chi connectivity index (χ0n) is 14.2. The first-order chi connectivity index (χ1) is 11.6. The molecule has 1 aromatic heterocycles. The number of nitrogens with one attached hydrogen (secondary N) is 2. The first-order valence-corrected chi connectivity index (χ1v) is 8.33. The number of carbonyl (C=O) groups is 1. The van der Waals surface area contributed by atoms with Gasteiger partial charge in [-0.15, -0.1) is 0 Å². The molecule has 1 aromatic carbocycles. The maximum Gasteiger partial charge on any atom is 0.221 e. The Kier molecular flexibility index (Phi) is 5.27. The predicted octanol–water partition coefficient (Wildman–Crippen LogP) is 1.48. The van der Waals surface area contributed by atoms with Crippen molar-refractivity contribution in [2.45, 2.75) is 32.9 Å². The number of nitrogens with zero attached hydrogens (tertiary/aromatic N) is 2. The summed E-state index contributed by atoms with van der Waals surface area (Å²) in [5.74, 6) is 0.0317. The summed E-state index contributed by atoms with van der Waals surface area (Å²) >= 11 is 0. The molecule has 1 unspecified atom stereocenters. The van der Waals surface area contributed by atoms with Crippen LogP contribution in [0.4, 0.5) is 0 Å². The molecule has 128 valence electrons. The molecule has 1 saturated heterocycles. The third kappa shape index (κ3) is 3.83. The Bertz CT molecular complexity index is 691. The van der Waals surface area contributed by atoms with E-state index in [-0.39, 0.29) is 11.9 Å². The van der Waals surface area contributed by atoms with Gasteiger partial charge in [-0.05, 0) is 26.0 Å². The molecule has 3 rings (SSSR count). The summed E-state index contributed by atoms with van der Waals surface area (Å²) in [7, 11) is 0. The highest BCUT2D eigenvalue weighted by atomic mass is 16.5. The number of carbonyl (C=O) groups excluding carboxylic acids is 1. The Labute approximate surface area is 142 Å². The van der Waals surface area contributed by atoms with Crippen LogP contribution in [-0.4, -0.2) is 41.5 Å². The van der Waals surface area contributed by atoms with Gasteiger partial charge in [0.15, 0.2) is 0 Å². The number of hydrogen-bond donors (Lipinski definition) is 2. The first-order valence-electron chi connectivity index (χ1n) is 8.33. The highest BCUT2D eigenvalue weighted by molar-refractivity contribution is 5.76. The summed E-state index contributed by atoms with van der Waals surface area (Å²) < 4.78 is 7.30. The van der Waals surface area contributed by atoms with Crippen LogP contribution >= 0.6 is 0 Å². The third-order valence-electron chi connectivity index (χ3n) is 4.33. The van der Waals surface area contributed by atoms with E-state index in [0.29, 0.717) is 19.6 Å². The molecule has 2 aromatic rings. The fraction of sp³-hybridized carbons (Fsp3) is 0.444. The van der Waals surface area contributed by atoms with Crippen LogP contribution in [0.3, 0.4) is 0 Å². The molecule has 0 radical (unpaired) electrons. The molecule has 0 bridgehead atoms. The van der Waals surface area contributed by atoms with Crippen LogP contribution in [-0.2, 0) is 16.1 Å². The molecule has 0 saturated carbocycles. The molecular formula is C18H24N4O2. The average molecular weight is 328 g/mol. The summed E-state index contributed by atoms with van der Waals surface area (Å²) in [4.78, 5) is 12.2. The van der Waals surface area contributed by atoms with Crippen molar-refractivity contribution in [3.8, 4) is 5.69 Å². The lowest BCUT2D eigenvalue weighted by Gasteiger charge is -2.23. The van der Waals surface area contributed by atoms with Crippen LogP contribution in [0.25, 0.3) is 5.69 Å². The molecule has 0 aliphatic carbocycles. The molecule has 1 fully saturated rings. The summed E-state index contributed by atoms with van der Waals surface area (Å²) in [6.07, 6.45) is 0.435. The topological polar surface area (TPSA) is 68.2 Å². The van der Waals surface area contributed by atoms with E-state index in [1.54, 1.807) is 0 Å². The molecule has 1 amide bonds. The number of aryl methyl sites for hydroxylation is 1. The van der Waals surface area contributed by atoms with Crippen molar-refractivity contribution in [1.29, 1.82) is 0 Å². The van der Waals surface area contributed by atoms with E-state index < -0.39 is 0 Å². The predicted molar refractivity (Wildman–Crippen MR) is 92.1 cm³/mol. The summed E-state index contributed by atoms with van der Waals surface area (Å²) in [5, 5.41) is 10.9. The van der Waals surface area contributed by atoms with Crippen LogP contribution in [0.5, 0.6) is 0 Å². The van der Waals surface area contributed by atoms with Crippen molar-refractivity contribution in [3.63, 3.8) is 0 Å². The Morgan fingerprint density at radius 1 is 1.38 bits per heavy atom. The lowest BCUT2D eigenvalue weighted by Crippen LogP contribution is -2.44. The van der Waals surface area contributed by atoms with Gasteiger partial charge in [-0.25, -0.2) is 4.68 Å². The maximum absolute atomic E-state index is 12.2. The van der Waals surface area contributed by atoms with Gasteiger partial charge in [0.1, 0.15) is 0 Å². The van der Waals surface area contributed by atoms with Gasteiger partial charge in [0.05, 0.1) is 24.6 Å². The smallest absolute Gasteiger partial charge is 0.221 e. The minimum absolute atomic E-state index is 0.0317. The van der Waals surface area contributed by atoms with Crippen LogP contribution in [0, 0.1) is 13.8 Å². The second-order valence-corrected chi connectivity index (χ2v) is 6.10. The normalized spacial score (nSPS) is 17.7. The molecule has 2 N–H and O–H groups in total. The number of benzene rings is 1. The maximum atomic E-state index is 12.2. The van der Waals surface area contributed by atoms with Crippen molar-refractivity contribution in [2.75, 3.05) is 19.8 Å². The fourth-order valence-corrected chi connectivity index (χ4v) is 2.99. The Morgan fingerprint density at radius 3 is 2.88 bits per heavy atom. The van der Waals surface area contributed by atoms with Gasteiger partial charge in [0.2, 0.25) is 5.91 Å². The largest absolute Gasteiger partial charge is 0.378 e. The van der Waals surface area contributed by atoms with E-state index >= 15 is 0 Å². The van der Waals surface area contributed by atoms with Gasteiger partial charge in [-0.1, -0.05) is 18.2 Å². The minimum atomic E-state index is 0.0317. The monoisotopic (exact) mass is 328 g/mol. The van der Waals surface area contributed by atoms with Gasteiger partial charge >= 0.3 is 0 Å². The number of amides is 1. The second kappa shape index (κ2) is 7.59. The number of hydrogen-bond acceptors (Lipinski definition) is 4. The van der Waals surface area contributed by atoms with Crippen LogP contribution in [0.1, 0.15) is 23.4 Å². The molecule has 1 aliphatic heterocycles. The second-order valence-electron chi connectivity index (χ2n) is 6.10. The van der Waals surface area contributed by atoms with Crippen molar-refractivity contribution in [2.24, 2.45) is 0 Å². The van der Waals surface area contributed by atoms with Crippen LogP contribution < -0.4 is 10.6 Å². The molecule has 2 heterocycles. The number of para-hydroxylation sites is 1. The van der Waals surface area contributed by atoms with E-state index in [1.165, 1.54) is 0 Å². The molecule has 1 aliphatic rings. The molecule has 1 atom stereocenters. The molecule has 0 spiro atoms. The standard InChI is InChI=1S/C18H24N4O2/c1-13-17(11-20-18(23)10-15-12-24-9-8-19-15)14(2)22(21-13)16-6-4-3-5-7-16/h3-7,15,19H,8-12H2,1-2H3,(H,20,23). The van der Waals surface area contributed by atoms with E-state index in [2.05, 4.69) is 15.7 Å². The van der Waals surface area contributed by atoms with E-state index in [9.17, 15) is 4.79 Å². The van der Waals surface area contributed by atoms with Gasteiger partial charge in [-0.3, -0.25) is 4.79 Å². The summed E-state index contributed by atoms with van der Waals surface area (Å²) in [6.45, 7) is 6.62. The Balaban J connectivity index is 1.63. The zero-order chi connectivity index (χ0) is 16.9. The summed E-state index contributed by atoms with van der Waals surface area (Å²) in [6, 6.07) is 10.1. The third-order valence-corrected chi connectivity index (χ3v) is 4.33. The number of morpholine rings is 1. The highest BCUT2D eigenvalue weighted by Crippen LogP contribution is 2.17. The summed E-state index contributed by atoms with van der Waals surface area (Å²) in [5.41, 5.74) is 4.09. The van der Waals surface area contributed by atoms with Crippen molar-refractivity contribution >= 4 is 5.91 Å². The number of ether oxygens (including phenoxy) is 1. The van der Waals surface area contributed by atoms with E-state index in [0.717, 1.165) is 35.8 Å². The van der Waals surface area contributed by atoms with Gasteiger partial charge < -0.3 is 15.4 Å². The van der Waals surface area contributed by atoms with Crippen LogP contribution in [0.2, 0.25) is 0 Å². The van der Waals surface area contributed by atoms with Crippen LogP contribution in [0.15, 0.2) is 30.3 Å². The molecule has 6 heteroatoms. The van der Waals surface area contributed by atoms with Gasteiger partial charge in [0.25, 0.3) is 0 Å². The first kappa shape index (κ1) is 16.7. The molecule has 24 heavy (non-hydrogen) atoms. The van der Waals surface area contributed by atoms with Crippen molar-refractivity contribution < 1.29 is 9.53 Å². The quantitative estimate of drug-likeness (QED) is 0.872. The lowest BCUT2D eigenvalue weighted by atomic mass is 10.1. The van der Waals surface area contributed by atoms with Crippen molar-refractivity contribution in [1.82, 2.24) is 20.4 Å². The Hall–Kier alpha value is -2.18. The lowest BCUT2D eigenvalue weighted by molar-refractivity contribution is -0.122. The number of rotatable bonds is 5. The van der Waals surface area contributed by atoms with Crippen molar-refractivity contribution in [3.05, 3.63) is 47.3 Å². The molecular weight excluding hydrogens is 304 g/mol. The van der Waals surface area contributed by atoms with Gasteiger partial charge in [0, 0.05) is 36.8 Å². The van der Waals surface area contributed by atoms with Gasteiger partial charge in [-0.2, -0.15) is 5.10 Å².